The fourth-order valence-electron chi connectivity index (χ4n) is 3.28. The Morgan fingerprint density at radius 2 is 1.83 bits per heavy atom. The van der Waals surface area contributed by atoms with Crippen LogP contribution in [0.1, 0.15) is 21.6 Å². The highest BCUT2D eigenvalue weighted by Gasteiger charge is 2.13. The highest BCUT2D eigenvalue weighted by atomic mass is 16.2. The minimum atomic E-state index is -0.339. The fraction of sp³-hybridized carbons (Fsp3) is 0.125. The number of hydrogen-bond acceptors (Lipinski definition) is 4. The molecule has 6 nitrogen and oxygen atoms in total. The van der Waals surface area contributed by atoms with E-state index in [1.165, 1.54) is 11.1 Å². The van der Waals surface area contributed by atoms with Gasteiger partial charge in [-0.3, -0.25) is 9.48 Å². The lowest BCUT2D eigenvalue weighted by atomic mass is 10.0. The van der Waals surface area contributed by atoms with Crippen LogP contribution in [0.2, 0.25) is 0 Å². The SMILES string of the molecule is Cc1cccc(CCn2cc(C(=O)Nc3cc(-c4ccccc4)ccc3N)nn2)c1. The van der Waals surface area contributed by atoms with Crippen LogP contribution in [-0.2, 0) is 13.0 Å². The zero-order valence-electron chi connectivity index (χ0n) is 16.7. The summed E-state index contributed by atoms with van der Waals surface area (Å²) in [6.45, 7) is 2.72. The molecule has 0 aliphatic heterocycles. The number of carbonyl (C=O) groups excluding carboxylic acids is 1. The van der Waals surface area contributed by atoms with Gasteiger partial charge < -0.3 is 11.1 Å². The van der Waals surface area contributed by atoms with Crippen molar-refractivity contribution in [1.82, 2.24) is 15.0 Å². The van der Waals surface area contributed by atoms with Gasteiger partial charge in [-0.05, 0) is 42.2 Å². The normalized spacial score (nSPS) is 10.7. The predicted octanol–water partition coefficient (Wildman–Crippen LogP) is 4.33. The van der Waals surface area contributed by atoms with Gasteiger partial charge in [0, 0.05) is 6.54 Å². The molecule has 0 saturated heterocycles. The molecule has 3 aromatic carbocycles. The number of amides is 1. The van der Waals surface area contributed by atoms with Gasteiger partial charge in [0.05, 0.1) is 17.6 Å². The number of aromatic nitrogens is 3. The zero-order chi connectivity index (χ0) is 20.9. The van der Waals surface area contributed by atoms with Crippen LogP contribution in [0, 0.1) is 6.92 Å². The molecule has 0 atom stereocenters. The van der Waals surface area contributed by atoms with Crippen LogP contribution < -0.4 is 11.1 Å². The summed E-state index contributed by atoms with van der Waals surface area (Å²) in [4.78, 5) is 12.7. The number of carbonyl (C=O) groups is 1. The number of anilines is 2. The lowest BCUT2D eigenvalue weighted by Gasteiger charge is -2.09. The molecule has 6 heteroatoms. The van der Waals surface area contributed by atoms with Crippen LogP contribution >= 0.6 is 0 Å². The second kappa shape index (κ2) is 8.61. The second-order valence-electron chi connectivity index (χ2n) is 7.23. The maximum atomic E-state index is 12.7. The summed E-state index contributed by atoms with van der Waals surface area (Å²) in [6.07, 6.45) is 2.47. The summed E-state index contributed by atoms with van der Waals surface area (Å²) < 4.78 is 1.68. The Balaban J connectivity index is 1.44. The van der Waals surface area contributed by atoms with Gasteiger partial charge in [0.2, 0.25) is 0 Å². The number of nitrogens with two attached hydrogens (primary N) is 1. The van der Waals surface area contributed by atoms with Crippen molar-refractivity contribution in [2.45, 2.75) is 19.9 Å². The molecule has 0 spiro atoms. The first-order valence-electron chi connectivity index (χ1n) is 9.80. The van der Waals surface area contributed by atoms with E-state index in [4.69, 9.17) is 5.73 Å². The third kappa shape index (κ3) is 4.55. The average Bonchev–Trinajstić information content (AvgIpc) is 3.24. The standard InChI is InChI=1S/C24H23N5O/c1-17-6-5-7-18(14-17)12-13-29-16-23(27-28-29)24(30)26-22-15-20(10-11-21(22)25)19-8-3-2-4-9-19/h2-11,14-16H,12-13,25H2,1H3,(H,26,30). The minimum absolute atomic E-state index is 0.253. The molecule has 0 saturated carbocycles. The first kappa shape index (κ1) is 19.4. The van der Waals surface area contributed by atoms with E-state index < -0.39 is 0 Å². The third-order valence-electron chi connectivity index (χ3n) is 4.89. The molecule has 3 N–H and O–H groups in total. The van der Waals surface area contributed by atoms with Crippen molar-refractivity contribution in [3.63, 3.8) is 0 Å². The molecular formula is C24H23N5O. The van der Waals surface area contributed by atoms with E-state index in [9.17, 15) is 4.79 Å². The summed E-state index contributed by atoms with van der Waals surface area (Å²) >= 11 is 0. The number of nitrogens with one attached hydrogen (secondary N) is 1. The maximum absolute atomic E-state index is 12.7. The van der Waals surface area contributed by atoms with Crippen molar-refractivity contribution < 1.29 is 4.79 Å². The van der Waals surface area contributed by atoms with E-state index in [0.717, 1.165) is 17.5 Å². The van der Waals surface area contributed by atoms with Crippen LogP contribution in [0.4, 0.5) is 11.4 Å². The van der Waals surface area contributed by atoms with Crippen LogP contribution in [0.15, 0.2) is 79.0 Å². The molecule has 30 heavy (non-hydrogen) atoms. The Hall–Kier alpha value is -3.93. The van der Waals surface area contributed by atoms with Crippen LogP contribution in [0.3, 0.4) is 0 Å². The highest BCUT2D eigenvalue weighted by Crippen LogP contribution is 2.27. The summed E-state index contributed by atoms with van der Waals surface area (Å²) in [5.41, 5.74) is 11.8. The molecule has 4 aromatic rings. The van der Waals surface area contributed by atoms with Crippen molar-refractivity contribution in [3.05, 3.63) is 95.8 Å². The smallest absolute Gasteiger partial charge is 0.277 e. The van der Waals surface area contributed by atoms with Gasteiger partial charge in [-0.25, -0.2) is 0 Å². The molecule has 0 aliphatic rings. The predicted molar refractivity (Wildman–Crippen MR) is 119 cm³/mol. The first-order valence-corrected chi connectivity index (χ1v) is 9.80. The number of rotatable bonds is 6. The molecule has 0 unspecified atom stereocenters. The molecule has 1 aromatic heterocycles. The van der Waals surface area contributed by atoms with Crippen LogP contribution in [0.25, 0.3) is 11.1 Å². The molecule has 1 heterocycles. The molecule has 0 aliphatic carbocycles. The number of aryl methyl sites for hydroxylation is 3. The van der Waals surface area contributed by atoms with E-state index >= 15 is 0 Å². The Kier molecular flexibility index (Phi) is 5.57. The summed E-state index contributed by atoms with van der Waals surface area (Å²) in [7, 11) is 0. The monoisotopic (exact) mass is 397 g/mol. The molecule has 1 amide bonds. The molecule has 4 rings (SSSR count). The minimum Gasteiger partial charge on any atom is -0.397 e. The average molecular weight is 397 g/mol. The molecule has 0 bridgehead atoms. The van der Waals surface area contributed by atoms with E-state index in [0.29, 0.717) is 17.9 Å². The van der Waals surface area contributed by atoms with E-state index in [1.807, 2.05) is 48.5 Å². The quantitative estimate of drug-likeness (QED) is 0.474. The van der Waals surface area contributed by atoms with Crippen LogP contribution in [0.5, 0.6) is 0 Å². The number of benzene rings is 3. The van der Waals surface area contributed by atoms with Gasteiger partial charge in [0.1, 0.15) is 0 Å². The van der Waals surface area contributed by atoms with Gasteiger partial charge in [-0.15, -0.1) is 5.10 Å². The topological polar surface area (TPSA) is 85.8 Å². The maximum Gasteiger partial charge on any atom is 0.277 e. The summed E-state index contributed by atoms with van der Waals surface area (Å²) in [6, 6.07) is 23.9. The van der Waals surface area contributed by atoms with Gasteiger partial charge >= 0.3 is 0 Å². The summed E-state index contributed by atoms with van der Waals surface area (Å²) in [5, 5.41) is 10.9. The van der Waals surface area contributed by atoms with E-state index in [1.54, 1.807) is 16.9 Å². The van der Waals surface area contributed by atoms with E-state index in [2.05, 4.69) is 40.8 Å². The lowest BCUT2D eigenvalue weighted by Crippen LogP contribution is -2.14. The number of hydrogen-bond donors (Lipinski definition) is 2. The van der Waals surface area contributed by atoms with Crippen molar-refractivity contribution in [2.75, 3.05) is 11.1 Å². The third-order valence-corrected chi connectivity index (χ3v) is 4.89. The van der Waals surface area contributed by atoms with Gasteiger partial charge in [-0.2, -0.15) is 0 Å². The van der Waals surface area contributed by atoms with Gasteiger partial charge in [-0.1, -0.05) is 71.4 Å². The fourth-order valence-corrected chi connectivity index (χ4v) is 3.28. The molecule has 0 fully saturated rings. The zero-order valence-corrected chi connectivity index (χ0v) is 16.7. The van der Waals surface area contributed by atoms with Crippen LogP contribution in [-0.4, -0.2) is 20.9 Å². The Labute approximate surface area is 175 Å². The Morgan fingerprint density at radius 1 is 1.00 bits per heavy atom. The summed E-state index contributed by atoms with van der Waals surface area (Å²) in [5.74, 6) is -0.339. The largest absolute Gasteiger partial charge is 0.397 e. The van der Waals surface area contributed by atoms with Gasteiger partial charge in [0.25, 0.3) is 5.91 Å². The number of nitrogen functional groups attached to an aromatic ring is 1. The Bertz CT molecular complexity index is 1170. The van der Waals surface area contributed by atoms with Crippen molar-refractivity contribution >= 4 is 17.3 Å². The molecule has 0 radical (unpaired) electrons. The molecule has 150 valence electrons. The van der Waals surface area contributed by atoms with E-state index in [-0.39, 0.29) is 11.6 Å². The van der Waals surface area contributed by atoms with Gasteiger partial charge in [0.15, 0.2) is 5.69 Å². The van der Waals surface area contributed by atoms with Crippen molar-refractivity contribution in [2.24, 2.45) is 0 Å². The highest BCUT2D eigenvalue weighted by molar-refractivity contribution is 6.04. The Morgan fingerprint density at radius 3 is 2.63 bits per heavy atom. The number of nitrogens with zero attached hydrogens (tertiary/aromatic N) is 3. The first-order chi connectivity index (χ1) is 14.6. The lowest BCUT2D eigenvalue weighted by molar-refractivity contribution is 0.102. The van der Waals surface area contributed by atoms with Crippen molar-refractivity contribution in [3.8, 4) is 11.1 Å². The molecular weight excluding hydrogens is 374 g/mol. The van der Waals surface area contributed by atoms with Crippen molar-refractivity contribution in [1.29, 1.82) is 0 Å². The second-order valence-corrected chi connectivity index (χ2v) is 7.23.